The van der Waals surface area contributed by atoms with Crippen LogP contribution in [-0.2, 0) is 0 Å². The Balaban J connectivity index is 1.27. The fraction of sp³-hybridized carbons (Fsp3) is 0. The highest BCUT2D eigenvalue weighted by Crippen LogP contribution is 2.38. The third-order valence-corrected chi connectivity index (χ3v) is 7.35. The summed E-state index contributed by atoms with van der Waals surface area (Å²) in [6, 6.07) is 0.400. The van der Waals surface area contributed by atoms with Gasteiger partial charge in [-0.25, -0.2) is 4.98 Å². The smallest absolute Gasteiger partial charge is 0.135 e. The summed E-state index contributed by atoms with van der Waals surface area (Å²) in [5.41, 5.74) is -0.652. The highest BCUT2D eigenvalue weighted by molar-refractivity contribution is 6.07. The van der Waals surface area contributed by atoms with E-state index in [1.165, 1.54) is 12.1 Å². The molecule has 0 aliphatic heterocycles. The van der Waals surface area contributed by atoms with Crippen LogP contribution in [0.1, 0.15) is 26.0 Å². The van der Waals surface area contributed by atoms with Gasteiger partial charge in [-0.15, -0.1) is 0 Å². The Morgan fingerprint density at radius 3 is 2.18 bits per heavy atom. The van der Waals surface area contributed by atoms with Gasteiger partial charge in [-0.3, -0.25) is 4.98 Å². The lowest BCUT2D eigenvalue weighted by Crippen LogP contribution is -1.91. The van der Waals surface area contributed by atoms with E-state index in [-0.39, 0.29) is 55.1 Å². The molecule has 9 rings (SSSR count). The number of hydrogen-bond acceptors (Lipinski definition) is 3. The molecular formula is C42H26N2O. The molecule has 3 aromatic heterocycles. The van der Waals surface area contributed by atoms with Gasteiger partial charge in [0, 0.05) is 33.6 Å². The standard InChI is InChI=1S/C42H26N2O/c1-2-13-32-27(8-1)9-6-16-37(32)40-24-23-39(45-40)31-11-5-10-30(26-31)33-20-21-36(35-15-4-3-14-34(33)35)38-22-19-29-18-17-28-12-7-25-43-41(28)42(29)44-38/h1-26H/i1D,2D,5D,6D,7D,8D,9D,10D,12D,13D,16D,17D,18D,19D,22D,23D,24D,25D,26D. The Labute approximate surface area is 286 Å². The van der Waals surface area contributed by atoms with Crippen molar-refractivity contribution in [2.75, 3.05) is 0 Å². The Kier molecular flexibility index (Phi) is 2.95. The predicted octanol–water partition coefficient (Wildman–Crippen LogP) is 11.4. The fourth-order valence-corrected chi connectivity index (χ4v) is 5.29. The molecule has 0 spiro atoms. The van der Waals surface area contributed by atoms with E-state index in [2.05, 4.69) is 9.97 Å². The summed E-state index contributed by atoms with van der Waals surface area (Å²) >= 11 is 0. The van der Waals surface area contributed by atoms with Crippen LogP contribution in [-0.4, -0.2) is 9.97 Å². The summed E-state index contributed by atoms with van der Waals surface area (Å²) in [6.45, 7) is 0. The maximum atomic E-state index is 9.45. The van der Waals surface area contributed by atoms with Crippen LogP contribution in [0.3, 0.4) is 0 Å². The zero-order chi connectivity index (χ0) is 46.3. The van der Waals surface area contributed by atoms with E-state index >= 15 is 0 Å². The highest BCUT2D eigenvalue weighted by atomic mass is 16.3. The minimum atomic E-state index is -0.725. The van der Waals surface area contributed by atoms with Crippen molar-refractivity contribution in [2.45, 2.75) is 0 Å². The van der Waals surface area contributed by atoms with Crippen LogP contribution in [0.4, 0.5) is 0 Å². The first-order valence-corrected chi connectivity index (χ1v) is 13.6. The number of fused-ring (bicyclic) bond motifs is 5. The molecule has 0 aliphatic carbocycles. The van der Waals surface area contributed by atoms with Gasteiger partial charge in [0.25, 0.3) is 0 Å². The molecule has 210 valence electrons. The Bertz CT molecular complexity index is 3620. The van der Waals surface area contributed by atoms with Gasteiger partial charge in [0.05, 0.1) is 42.8 Å². The molecule has 3 heteroatoms. The summed E-state index contributed by atoms with van der Waals surface area (Å²) in [5, 5.41) is -0.419. The van der Waals surface area contributed by atoms with Gasteiger partial charge in [-0.05, 0) is 62.9 Å². The van der Waals surface area contributed by atoms with Crippen molar-refractivity contribution < 1.29 is 30.5 Å². The SMILES string of the molecule is [2H]c1cc(-c2oc(-c3c([2H])c([2H])c([2H])c4c([2H])c([2H])c([2H])c([2H])c34)c([2H])c2[2H])c([2H])c(-c2ccc(-c3nc4c(c([2H])c3[2H])c([2H])c([2H])c3c([2H])c([2H])c([2H])nc34)c3ccccc23)c1[2H]. The van der Waals surface area contributed by atoms with Crippen molar-refractivity contribution in [2.24, 2.45) is 0 Å². The molecule has 9 aromatic rings. The van der Waals surface area contributed by atoms with E-state index < -0.39 is 137 Å². The number of nitrogens with zero attached hydrogens (tertiary/aromatic N) is 2. The molecular weight excluding hydrogens is 548 g/mol. The molecule has 0 atom stereocenters. The first-order chi connectivity index (χ1) is 30.2. The molecule has 0 aliphatic rings. The largest absolute Gasteiger partial charge is 0.456 e. The molecule has 0 amide bonds. The first kappa shape index (κ1) is 12.9. The second kappa shape index (κ2) is 10.3. The van der Waals surface area contributed by atoms with Gasteiger partial charge in [0.1, 0.15) is 11.5 Å². The zero-order valence-electron chi connectivity index (χ0n) is 41.8. The van der Waals surface area contributed by atoms with Gasteiger partial charge >= 0.3 is 0 Å². The van der Waals surface area contributed by atoms with E-state index in [0.717, 1.165) is 6.07 Å². The Morgan fingerprint density at radius 1 is 0.489 bits per heavy atom. The third-order valence-electron chi connectivity index (χ3n) is 7.35. The van der Waals surface area contributed by atoms with Crippen LogP contribution in [0.25, 0.3) is 88.4 Å². The summed E-state index contributed by atoms with van der Waals surface area (Å²) in [5.74, 6) is -1.00. The van der Waals surface area contributed by atoms with Crippen LogP contribution < -0.4 is 0 Å². The number of benzene rings is 6. The maximum Gasteiger partial charge on any atom is 0.135 e. The van der Waals surface area contributed by atoms with E-state index in [0.29, 0.717) is 10.8 Å². The molecule has 6 aromatic carbocycles. The molecule has 0 radical (unpaired) electrons. The van der Waals surface area contributed by atoms with Crippen molar-refractivity contribution in [3.05, 3.63) is 157 Å². The van der Waals surface area contributed by atoms with Crippen LogP contribution in [0.2, 0.25) is 0 Å². The minimum absolute atomic E-state index is 0.0778. The highest BCUT2D eigenvalue weighted by Gasteiger charge is 2.14. The molecule has 0 N–H and O–H groups in total. The zero-order valence-corrected chi connectivity index (χ0v) is 22.8. The van der Waals surface area contributed by atoms with E-state index in [9.17, 15) is 1.37 Å². The maximum absolute atomic E-state index is 9.45. The van der Waals surface area contributed by atoms with Gasteiger partial charge in [-0.2, -0.15) is 0 Å². The lowest BCUT2D eigenvalue weighted by atomic mass is 9.92. The molecule has 3 heterocycles. The van der Waals surface area contributed by atoms with E-state index in [1.807, 2.05) is 0 Å². The second-order valence-corrected chi connectivity index (χ2v) is 9.93. The number of furan rings is 1. The lowest BCUT2D eigenvalue weighted by molar-refractivity contribution is 0.598. The number of pyridine rings is 2. The van der Waals surface area contributed by atoms with Crippen LogP contribution in [0.15, 0.2) is 162 Å². The van der Waals surface area contributed by atoms with Crippen molar-refractivity contribution in [1.29, 1.82) is 0 Å². The molecule has 45 heavy (non-hydrogen) atoms. The third kappa shape index (κ3) is 4.29. The summed E-state index contributed by atoms with van der Waals surface area (Å²) in [7, 11) is 0. The summed E-state index contributed by atoms with van der Waals surface area (Å²) < 4.78 is 170. The van der Waals surface area contributed by atoms with Gasteiger partial charge < -0.3 is 4.42 Å². The van der Waals surface area contributed by atoms with E-state index in [1.54, 1.807) is 24.3 Å². The van der Waals surface area contributed by atoms with E-state index in [4.69, 9.17) is 29.1 Å². The van der Waals surface area contributed by atoms with Crippen molar-refractivity contribution in [1.82, 2.24) is 9.97 Å². The number of hydrogen-bond donors (Lipinski definition) is 0. The summed E-state index contributed by atoms with van der Waals surface area (Å²) in [4.78, 5) is 8.79. The molecule has 0 bridgehead atoms. The first-order valence-electron chi connectivity index (χ1n) is 23.1. The molecule has 0 unspecified atom stereocenters. The predicted molar refractivity (Wildman–Crippen MR) is 186 cm³/mol. The number of rotatable bonds is 4. The van der Waals surface area contributed by atoms with Crippen molar-refractivity contribution >= 4 is 43.4 Å². The molecule has 3 nitrogen and oxygen atoms in total. The van der Waals surface area contributed by atoms with Crippen LogP contribution >= 0.6 is 0 Å². The second-order valence-electron chi connectivity index (χ2n) is 9.93. The van der Waals surface area contributed by atoms with Gasteiger partial charge in [0.15, 0.2) is 0 Å². The Hall–Kier alpha value is -6.06. The normalized spacial score (nSPS) is 17.5. The van der Waals surface area contributed by atoms with Crippen molar-refractivity contribution in [3.63, 3.8) is 0 Å². The van der Waals surface area contributed by atoms with Gasteiger partial charge in [0.2, 0.25) is 0 Å². The average molecular weight is 594 g/mol. The van der Waals surface area contributed by atoms with Gasteiger partial charge in [-0.1, -0.05) is 121 Å². The molecule has 0 fully saturated rings. The minimum Gasteiger partial charge on any atom is -0.456 e. The quantitative estimate of drug-likeness (QED) is 0.191. The fourth-order valence-electron chi connectivity index (χ4n) is 5.29. The molecule has 0 saturated heterocycles. The van der Waals surface area contributed by atoms with Crippen LogP contribution in [0.5, 0.6) is 0 Å². The summed E-state index contributed by atoms with van der Waals surface area (Å²) in [6.07, 6.45) is -0.582. The Morgan fingerprint density at radius 2 is 1.24 bits per heavy atom. The topological polar surface area (TPSA) is 38.9 Å². The van der Waals surface area contributed by atoms with Crippen molar-refractivity contribution in [3.8, 4) is 45.0 Å². The van der Waals surface area contributed by atoms with Crippen LogP contribution in [0, 0.1) is 0 Å². The number of aromatic nitrogens is 2. The monoisotopic (exact) mass is 593 g/mol. The molecule has 0 saturated carbocycles. The average Bonchev–Trinajstić information content (AvgIpc) is 3.56. The lowest BCUT2D eigenvalue weighted by Gasteiger charge is -2.13.